The van der Waals surface area contributed by atoms with Crippen LogP contribution in [0.15, 0.2) is 146 Å². The first kappa shape index (κ1) is 98.6. The van der Waals surface area contributed by atoms with Crippen molar-refractivity contribution < 1.29 is 38.1 Å². The number of carbonyl (C=O) groups is 4. The Hall–Kier alpha value is -10.9. The number of hydrogen-bond acceptors (Lipinski definition) is 8. The van der Waals surface area contributed by atoms with Crippen molar-refractivity contribution in [3.63, 3.8) is 0 Å². The van der Waals surface area contributed by atoms with Crippen molar-refractivity contribution >= 4 is 112 Å². The highest BCUT2D eigenvalue weighted by Gasteiger charge is 2.32. The number of benzene rings is 8. The van der Waals surface area contributed by atoms with Crippen LogP contribution in [0.5, 0.6) is 0 Å². The number of hydrogen-bond donors (Lipinski definition) is 0. The Morgan fingerprint density at radius 1 is 0.197 bits per heavy atom. The summed E-state index contributed by atoms with van der Waals surface area (Å²) >= 11 is 0. The first-order valence-corrected chi connectivity index (χ1v) is 51.3. The number of carbonyl (C=O) groups excluding carboxylic acids is 4. The number of unbranched alkanes of at least 4 members (excludes halogenated alkanes) is 36. The van der Waals surface area contributed by atoms with E-state index < -0.39 is 46.8 Å². The molecule has 0 atom stereocenters. The third-order valence-corrected chi connectivity index (χ3v) is 27.2. The van der Waals surface area contributed by atoms with Gasteiger partial charge in [-0.2, -0.15) is 0 Å². The topological polar surface area (TPSA) is 125 Å². The van der Waals surface area contributed by atoms with Gasteiger partial charge in [-0.1, -0.05) is 306 Å². The minimum Gasteiger partial charge on any atom is -0.443 e. The fraction of sp³-hybridized carbons (Fsp3) is 0.500. The number of aromatic nitrogens is 4. The maximum absolute atomic E-state index is 15.0. The van der Waals surface area contributed by atoms with Crippen LogP contribution in [-0.4, -0.2) is 65.0 Å². The molecule has 1 aliphatic carbocycles. The van der Waals surface area contributed by atoms with Gasteiger partial charge in [0.2, 0.25) is 0 Å². The van der Waals surface area contributed by atoms with Gasteiger partial charge in [-0.15, -0.1) is 0 Å². The Bertz CT molecular complexity index is 5250. The molecule has 0 aliphatic heterocycles. The van der Waals surface area contributed by atoms with Crippen molar-refractivity contribution in [3.05, 3.63) is 190 Å². The van der Waals surface area contributed by atoms with E-state index >= 15 is 19.2 Å². The molecule has 696 valence electrons. The Morgan fingerprint density at radius 2 is 0.318 bits per heavy atom. The van der Waals surface area contributed by atoms with Gasteiger partial charge >= 0.3 is 24.4 Å². The quantitative estimate of drug-likeness (QED) is 0.0210. The van der Waals surface area contributed by atoms with Crippen LogP contribution in [0.4, 0.5) is 19.2 Å². The standard InChI is InChI=1S/C120H148N4O8/c1-13-17-21-25-29-33-37-41-45-49-77-117(5,6)129-113(125)121-105-69-61-89-53-55-91-63-71-107-99(83-91)101-85-93(65-73-109(101)122(107)114(126)130-118(7,8)78-50-46-42-38-34-30-26-22-18-14-2)57-59-95-67-75-111-103(87-95)104-88-96(68-76-112(104)124(111)116(128)132-120(11,12)80-52-48-44-40-36-32-28-24-20-16-4)60-58-94-66-74-110-102(86-94)100-84-92(56-54-90-62-70-106(121)98(82-90)97(105)81-89)64-72-108(100)123(110)115(127)131-119(9,10)79-51-47-43-39-35-31-27-23-19-15-3/h61-76,81-88H,13-52,77-80H2,1-12H3. The second kappa shape index (κ2) is 47.6. The summed E-state index contributed by atoms with van der Waals surface area (Å²) in [6.07, 6.45) is 50.0. The molecule has 12 nitrogen and oxygen atoms in total. The molecule has 16 bridgehead atoms. The van der Waals surface area contributed by atoms with E-state index in [4.69, 9.17) is 18.9 Å². The highest BCUT2D eigenvalue weighted by molar-refractivity contribution is 6.17. The smallest absolute Gasteiger partial charge is 0.419 e. The maximum Gasteiger partial charge on any atom is 0.419 e. The molecule has 0 saturated heterocycles. The summed E-state index contributed by atoms with van der Waals surface area (Å²) in [5.41, 5.74) is 8.46. The Labute approximate surface area is 788 Å². The zero-order valence-electron chi connectivity index (χ0n) is 82.0. The Morgan fingerprint density at radius 3 is 0.447 bits per heavy atom. The summed E-state index contributed by atoms with van der Waals surface area (Å²) in [6, 6.07) is 47.9. The van der Waals surface area contributed by atoms with Crippen LogP contribution in [0.2, 0.25) is 0 Å². The molecule has 4 heterocycles. The van der Waals surface area contributed by atoms with Gasteiger partial charge in [-0.25, -0.2) is 37.4 Å². The van der Waals surface area contributed by atoms with Gasteiger partial charge in [0.1, 0.15) is 22.4 Å². The second-order valence-corrected chi connectivity index (χ2v) is 40.4. The van der Waals surface area contributed by atoms with Crippen molar-refractivity contribution in [2.45, 2.75) is 388 Å². The van der Waals surface area contributed by atoms with Crippen LogP contribution in [0, 0.1) is 47.4 Å². The molecule has 132 heavy (non-hydrogen) atoms. The van der Waals surface area contributed by atoms with Crippen LogP contribution in [0.25, 0.3) is 87.2 Å². The second-order valence-electron chi connectivity index (χ2n) is 40.4. The molecule has 12 aromatic rings. The molecule has 0 saturated carbocycles. The van der Waals surface area contributed by atoms with E-state index in [0.29, 0.717) is 44.1 Å². The van der Waals surface area contributed by atoms with Crippen molar-refractivity contribution in [2.75, 3.05) is 0 Å². The van der Waals surface area contributed by atoms with Gasteiger partial charge in [-0.05, 0) is 252 Å². The molecule has 0 fully saturated rings. The fourth-order valence-corrected chi connectivity index (χ4v) is 19.6. The van der Waals surface area contributed by atoms with Crippen molar-refractivity contribution in [3.8, 4) is 47.4 Å². The Kier molecular flexibility index (Phi) is 35.6. The number of ether oxygens (including phenoxy) is 4. The molecule has 0 amide bonds. The number of nitrogens with zero attached hydrogens (tertiary/aromatic N) is 4. The predicted molar refractivity (Wildman–Crippen MR) is 551 cm³/mol. The van der Waals surface area contributed by atoms with Crippen LogP contribution < -0.4 is 0 Å². The maximum atomic E-state index is 15.0. The fourth-order valence-electron chi connectivity index (χ4n) is 19.6. The van der Waals surface area contributed by atoms with Gasteiger partial charge in [0.15, 0.2) is 0 Å². The first-order chi connectivity index (χ1) is 63.9. The molecule has 0 N–H and O–H groups in total. The van der Waals surface area contributed by atoms with Crippen LogP contribution in [0.1, 0.15) is 410 Å². The normalized spacial score (nSPS) is 12.3. The molecule has 12 heteroatoms. The third-order valence-electron chi connectivity index (χ3n) is 27.2. The highest BCUT2D eigenvalue weighted by atomic mass is 16.6. The summed E-state index contributed by atoms with van der Waals surface area (Å²) in [5, 5.41) is 6.54. The molecule has 13 rings (SSSR count). The minimum atomic E-state index is -0.727. The third kappa shape index (κ3) is 26.8. The van der Waals surface area contributed by atoms with E-state index in [-0.39, 0.29) is 0 Å². The number of rotatable bonds is 48. The van der Waals surface area contributed by atoms with Crippen LogP contribution in [0.3, 0.4) is 0 Å². The van der Waals surface area contributed by atoms with Gasteiger partial charge in [0.25, 0.3) is 0 Å². The molecule has 0 spiro atoms. The summed E-state index contributed by atoms with van der Waals surface area (Å²) in [5.74, 6) is 28.2. The lowest BCUT2D eigenvalue weighted by atomic mass is 9.99. The monoisotopic (exact) mass is 1770 g/mol. The van der Waals surface area contributed by atoms with Gasteiger partial charge in [0, 0.05) is 87.6 Å². The van der Waals surface area contributed by atoms with Crippen molar-refractivity contribution in [2.24, 2.45) is 0 Å². The average molecular weight is 1770 g/mol. The zero-order valence-corrected chi connectivity index (χ0v) is 82.0. The van der Waals surface area contributed by atoms with Gasteiger partial charge < -0.3 is 18.9 Å². The average Bonchev–Trinajstić information content (AvgIpc) is 1.61. The predicted octanol–water partition coefficient (Wildman–Crippen LogP) is 34.3. The van der Waals surface area contributed by atoms with Crippen LogP contribution in [-0.2, 0) is 18.9 Å². The van der Waals surface area contributed by atoms with Crippen molar-refractivity contribution in [1.82, 2.24) is 18.3 Å². The summed E-state index contributed by atoms with van der Waals surface area (Å²) in [6.45, 7) is 25.2. The molecule has 8 aromatic carbocycles. The van der Waals surface area contributed by atoms with E-state index in [0.717, 1.165) is 165 Å². The zero-order chi connectivity index (χ0) is 93.0. The first-order valence-electron chi connectivity index (χ1n) is 51.3. The van der Waals surface area contributed by atoms with E-state index in [2.05, 4.69) is 124 Å². The van der Waals surface area contributed by atoms with Gasteiger partial charge in [-0.3, -0.25) is 0 Å². The molecular formula is C120H148N4O8. The summed E-state index contributed by atoms with van der Waals surface area (Å²) in [4.78, 5) is 60.2. The van der Waals surface area contributed by atoms with Crippen LogP contribution >= 0.6 is 0 Å². The number of fused-ring (bicyclic) bond motifs is 8. The minimum absolute atomic E-state index is 0.448. The summed E-state index contributed by atoms with van der Waals surface area (Å²) < 4.78 is 33.1. The largest absolute Gasteiger partial charge is 0.443 e. The van der Waals surface area contributed by atoms with Crippen molar-refractivity contribution in [1.29, 1.82) is 0 Å². The summed E-state index contributed by atoms with van der Waals surface area (Å²) in [7, 11) is 0. The van der Waals surface area contributed by atoms with E-state index in [1.54, 1.807) is 18.3 Å². The SMILES string of the molecule is CCCCCCCCCCCCC(C)(C)OC(=O)n1c2ccc3cc2c2cc(ccc21)C#Cc1ccc2c(c1)c1cc(ccc1n2C(=O)OC(C)(C)CCCCCCCCCCCC)C#Cc1ccc2c(c1)c1cc(ccc1n2C(=O)OC(C)(C)CCCCCCCCCCCC)C#Cc1ccc2c(c1)c1cc(ccc1n2C(=O)OC(C)(C)CCCCCCCCCCCC)C#C3. The Balaban J connectivity index is 0.894. The van der Waals surface area contributed by atoms with E-state index in [1.165, 1.54) is 205 Å². The molecule has 4 aromatic heterocycles. The lowest BCUT2D eigenvalue weighted by Crippen LogP contribution is -2.30. The lowest BCUT2D eigenvalue weighted by molar-refractivity contribution is 0.0319. The molecule has 0 unspecified atom stereocenters. The molecule has 1 aliphatic rings. The van der Waals surface area contributed by atoms with E-state index in [1.807, 2.05) is 152 Å². The lowest BCUT2D eigenvalue weighted by Gasteiger charge is -2.25. The molecular weight excluding hydrogens is 1630 g/mol. The van der Waals surface area contributed by atoms with Gasteiger partial charge in [0.05, 0.1) is 44.1 Å². The molecule has 0 radical (unpaired) electrons. The highest BCUT2D eigenvalue weighted by Crippen LogP contribution is 2.40. The van der Waals surface area contributed by atoms with E-state index in [9.17, 15) is 0 Å².